The molecular weight excluding hydrogens is 1740 g/mol. The lowest BCUT2D eigenvalue weighted by Gasteiger charge is -2.64. The van der Waals surface area contributed by atoms with Gasteiger partial charge in [0.15, 0.2) is 0 Å². The minimum absolute atomic E-state index is 0.0941. The molecule has 12 saturated carbocycles. The number of methoxy groups -OCH3 is 3. The number of fused-ring (bicyclic) bond motifs is 15. The van der Waals surface area contributed by atoms with E-state index in [2.05, 4.69) is 62.3 Å². The molecule has 0 radical (unpaired) electrons. The molecule has 0 bridgehead atoms. The Kier molecular flexibility index (Phi) is 40.1. The number of esters is 12. The van der Waals surface area contributed by atoms with Crippen molar-refractivity contribution in [1.82, 2.24) is 0 Å². The standard InChI is InChI=1S/3C34H57N3O8/c3*1-20(5-8-28(38)42-4)23-6-7-24-32-25(19-27(34(23,24)3)45-31(41)12-16-37)33(2)13-9-22(43-29(39)10-14-35)17-21(33)18-26(32)44-30(40)11-15-36/h3*20-27,32H,5-19,35-37H2,1-4H3/t3*20-,21+,22-,23-,24+,25+,26-,27+,32+,33+,34-/m111/s1. The lowest BCUT2D eigenvalue weighted by Crippen LogP contribution is -2.63. The predicted octanol–water partition coefficient (Wildman–Crippen LogP) is 9.71. The highest BCUT2D eigenvalue weighted by molar-refractivity contribution is 5.74. The molecule has 0 aromatic rings. The maximum absolute atomic E-state index is 13.1. The smallest absolute Gasteiger partial charge is 0.307 e. The van der Waals surface area contributed by atoms with Gasteiger partial charge in [-0.25, -0.2) is 0 Å². The molecule has 0 unspecified atom stereocenters. The highest BCUT2D eigenvalue weighted by Gasteiger charge is 2.72. The summed E-state index contributed by atoms with van der Waals surface area (Å²) in [6.45, 7) is 22.5. The fraction of sp³-hybridized carbons (Fsp3) is 0.882. The summed E-state index contributed by atoms with van der Waals surface area (Å²) < 4.78 is 70.4. The number of nitrogens with two attached hydrogens (primary N) is 9. The molecule has 33 nitrogen and oxygen atoms in total. The van der Waals surface area contributed by atoms with Crippen LogP contribution in [0.3, 0.4) is 0 Å². The maximum Gasteiger partial charge on any atom is 0.307 e. The minimum Gasteiger partial charge on any atom is -0.469 e. The molecule has 12 aliphatic carbocycles. The van der Waals surface area contributed by atoms with Gasteiger partial charge in [-0.05, 0) is 259 Å². The number of rotatable bonds is 39. The van der Waals surface area contributed by atoms with Crippen LogP contribution in [0.1, 0.15) is 293 Å². The highest BCUT2D eigenvalue weighted by atomic mass is 16.6. The molecule has 135 heavy (non-hydrogen) atoms. The zero-order valence-corrected chi connectivity index (χ0v) is 83.4. The first-order valence-electron chi connectivity index (χ1n) is 51.5. The number of carbonyl (C=O) groups excluding carboxylic acids is 12. The van der Waals surface area contributed by atoms with Gasteiger partial charge in [0.1, 0.15) is 54.9 Å². The molecule has 0 spiro atoms. The Morgan fingerprint density at radius 3 is 0.667 bits per heavy atom. The normalized spacial score (nSPS) is 37.8. The van der Waals surface area contributed by atoms with Crippen LogP contribution in [0.5, 0.6) is 0 Å². The van der Waals surface area contributed by atoms with Crippen LogP contribution < -0.4 is 51.6 Å². The van der Waals surface area contributed by atoms with Gasteiger partial charge < -0.3 is 108 Å². The number of hydrogen-bond donors (Lipinski definition) is 9. The first-order chi connectivity index (χ1) is 64.3. The van der Waals surface area contributed by atoms with E-state index < -0.39 is 0 Å². The molecule has 0 heterocycles. The second kappa shape index (κ2) is 49.1. The zero-order valence-electron chi connectivity index (χ0n) is 83.4. The molecule has 0 aromatic heterocycles. The van der Waals surface area contributed by atoms with Gasteiger partial charge >= 0.3 is 71.6 Å². The Balaban J connectivity index is 0.000000209. The summed E-state index contributed by atoms with van der Waals surface area (Å²) in [5.74, 6) is -0.258. The van der Waals surface area contributed by atoms with Crippen LogP contribution in [0.4, 0.5) is 0 Å². The van der Waals surface area contributed by atoms with E-state index in [1.807, 2.05) is 0 Å². The third kappa shape index (κ3) is 24.7. The molecule has 12 fully saturated rings. The van der Waals surface area contributed by atoms with Gasteiger partial charge in [0.05, 0.1) is 79.1 Å². The Morgan fingerprint density at radius 1 is 0.252 bits per heavy atom. The van der Waals surface area contributed by atoms with E-state index in [0.717, 1.165) is 77.0 Å². The second-order valence-electron chi connectivity index (χ2n) is 43.8. The molecular formula is C102H171N9O24. The van der Waals surface area contributed by atoms with E-state index in [-0.39, 0.29) is 382 Å². The van der Waals surface area contributed by atoms with Crippen molar-refractivity contribution in [3.63, 3.8) is 0 Å². The summed E-state index contributed by atoms with van der Waals surface area (Å²) in [7, 11) is 4.23. The van der Waals surface area contributed by atoms with Gasteiger partial charge in [-0.2, -0.15) is 0 Å². The average Bonchev–Trinajstić information content (AvgIpc) is 1.66. The average molecular weight is 1910 g/mol. The molecule has 768 valence electrons. The van der Waals surface area contributed by atoms with Crippen LogP contribution in [-0.4, -0.2) is 207 Å². The van der Waals surface area contributed by atoms with Crippen molar-refractivity contribution in [3.05, 3.63) is 0 Å². The third-order valence-corrected chi connectivity index (χ3v) is 37.1. The van der Waals surface area contributed by atoms with E-state index in [9.17, 15) is 57.5 Å². The van der Waals surface area contributed by atoms with E-state index in [1.165, 1.54) is 21.3 Å². The summed E-state index contributed by atoms with van der Waals surface area (Å²) in [5.41, 5.74) is 49.8. The third-order valence-electron chi connectivity index (χ3n) is 37.1. The molecule has 0 saturated heterocycles. The molecule has 12 rings (SSSR count). The van der Waals surface area contributed by atoms with Crippen molar-refractivity contribution in [2.75, 3.05) is 80.2 Å². The largest absolute Gasteiger partial charge is 0.469 e. The number of ether oxygens (including phenoxy) is 12. The van der Waals surface area contributed by atoms with Gasteiger partial charge in [0, 0.05) is 112 Å². The molecule has 33 atom stereocenters. The van der Waals surface area contributed by atoms with Crippen LogP contribution in [0, 0.1) is 139 Å². The lowest BCUT2D eigenvalue weighted by atomic mass is 9.43. The predicted molar refractivity (Wildman–Crippen MR) is 501 cm³/mol. The molecule has 0 amide bonds. The topological polar surface area (TPSA) is 550 Å². The Hall–Kier alpha value is -6.72. The van der Waals surface area contributed by atoms with Crippen molar-refractivity contribution in [2.45, 2.75) is 348 Å². The van der Waals surface area contributed by atoms with Gasteiger partial charge in [0.25, 0.3) is 0 Å². The van der Waals surface area contributed by atoms with Crippen LogP contribution in [0.2, 0.25) is 0 Å². The van der Waals surface area contributed by atoms with Crippen LogP contribution >= 0.6 is 0 Å². The number of carbonyl (C=O) groups is 12. The molecule has 18 N–H and O–H groups in total. The lowest BCUT2D eigenvalue weighted by molar-refractivity contribution is -0.226. The van der Waals surface area contributed by atoms with Crippen molar-refractivity contribution in [3.8, 4) is 0 Å². The Morgan fingerprint density at radius 2 is 0.459 bits per heavy atom. The maximum atomic E-state index is 13.1. The minimum atomic E-state index is -0.363. The second-order valence-corrected chi connectivity index (χ2v) is 43.8. The van der Waals surface area contributed by atoms with Crippen molar-refractivity contribution < 1.29 is 114 Å². The fourth-order valence-corrected chi connectivity index (χ4v) is 30.5. The van der Waals surface area contributed by atoms with Crippen LogP contribution in [0.15, 0.2) is 0 Å². The number of hydrogen-bond acceptors (Lipinski definition) is 33. The Bertz CT molecular complexity index is 3610. The van der Waals surface area contributed by atoms with Gasteiger partial charge in [-0.15, -0.1) is 0 Å². The van der Waals surface area contributed by atoms with Gasteiger partial charge in [-0.1, -0.05) is 62.3 Å². The van der Waals surface area contributed by atoms with Crippen LogP contribution in [0.25, 0.3) is 0 Å². The van der Waals surface area contributed by atoms with Crippen molar-refractivity contribution >= 4 is 71.6 Å². The summed E-state index contributed by atoms with van der Waals surface area (Å²) in [6.07, 6.45) is 18.9. The molecule has 33 heteroatoms. The van der Waals surface area contributed by atoms with Crippen LogP contribution in [-0.2, 0) is 114 Å². The summed E-state index contributed by atoms with van der Waals surface area (Å²) >= 11 is 0. The van der Waals surface area contributed by atoms with E-state index in [1.54, 1.807) is 0 Å². The summed E-state index contributed by atoms with van der Waals surface area (Å²) in [4.78, 5) is 151. The van der Waals surface area contributed by atoms with Gasteiger partial charge in [0.2, 0.25) is 0 Å². The van der Waals surface area contributed by atoms with E-state index >= 15 is 0 Å². The van der Waals surface area contributed by atoms with Crippen molar-refractivity contribution in [1.29, 1.82) is 0 Å². The quantitative estimate of drug-likeness (QED) is 0.0204. The molecule has 12 aliphatic rings. The first-order valence-corrected chi connectivity index (χ1v) is 51.5. The SMILES string of the molecule is COC(=O)CC[C@@H](C)[C@H]1CC[C@H]2[C@@H]3[C@H](OC(=O)CCN)C[C@@H]4C[C@H](OC(=O)CCN)CC[C@]4(C)[C@H]3C[C@H](OC(=O)CCN)[C@]12C.COC(=O)CC[C@@H](C)[C@H]1CC[C@H]2[C@@H]3[C@H](OC(=O)CCN)C[C@@H]4C[C@H](OC(=O)CCN)CC[C@]4(C)[C@H]3C[C@H](OC(=O)CCN)[C@]12C.COC(=O)CC[C@@H](C)[C@H]1CC[C@H]2[C@@H]3[C@H](OC(=O)CCN)C[C@@H]4C[C@H](OC(=O)CCN)CC[C@]4(C)[C@H]3C[C@H](OC(=O)CCN)[C@]12C. The molecule has 0 aliphatic heterocycles. The van der Waals surface area contributed by atoms with E-state index in [0.29, 0.717) is 96.3 Å². The molecule has 0 aromatic carbocycles. The first kappa shape index (κ1) is 110. The fourth-order valence-electron chi connectivity index (χ4n) is 30.5. The highest BCUT2D eigenvalue weighted by Crippen LogP contribution is 2.74. The van der Waals surface area contributed by atoms with Crippen molar-refractivity contribution in [2.24, 2.45) is 191 Å². The van der Waals surface area contributed by atoms with E-state index in [4.69, 9.17) is 108 Å². The monoisotopic (exact) mass is 1910 g/mol. The zero-order chi connectivity index (χ0) is 98.8. The Labute approximate surface area is 801 Å². The van der Waals surface area contributed by atoms with Gasteiger partial charge in [-0.3, -0.25) is 57.5 Å². The summed E-state index contributed by atoms with van der Waals surface area (Å²) in [6, 6.07) is 0. The summed E-state index contributed by atoms with van der Waals surface area (Å²) in [5, 5.41) is 0.